The molecule has 4 nitrogen and oxygen atoms in total. The number of fused-ring (bicyclic) bond motifs is 1. The Morgan fingerprint density at radius 2 is 2.06 bits per heavy atom. The zero-order valence-corrected chi connectivity index (χ0v) is 10.3. The van der Waals surface area contributed by atoms with E-state index in [2.05, 4.69) is 27.7 Å². The van der Waals surface area contributed by atoms with Gasteiger partial charge in [-0.1, -0.05) is 23.4 Å². The first-order valence-electron chi connectivity index (χ1n) is 4.65. The van der Waals surface area contributed by atoms with E-state index < -0.39 is 0 Å². The fraction of sp³-hybridized carbons (Fsp3) is 0. The highest BCUT2D eigenvalue weighted by Crippen LogP contribution is 2.32. The van der Waals surface area contributed by atoms with Crippen molar-refractivity contribution >= 4 is 39.4 Å². The molecule has 0 aliphatic heterocycles. The van der Waals surface area contributed by atoms with E-state index in [9.17, 15) is 0 Å². The van der Waals surface area contributed by atoms with Crippen LogP contribution < -0.4 is 5.73 Å². The summed E-state index contributed by atoms with van der Waals surface area (Å²) in [4.78, 5) is 0. The molecule has 3 rings (SSSR count). The van der Waals surface area contributed by atoms with Crippen molar-refractivity contribution in [3.05, 3.63) is 33.9 Å². The predicted octanol–water partition coefficient (Wildman–Crippen LogP) is 3.27. The zero-order chi connectivity index (χ0) is 11.1. The molecule has 0 amide bonds. The molecule has 0 bridgehead atoms. The minimum atomic E-state index is 0.385. The van der Waals surface area contributed by atoms with E-state index in [0.717, 1.165) is 14.5 Å². The lowest BCUT2D eigenvalue weighted by Gasteiger charge is -1.88. The number of para-hydroxylation sites is 1. The molecule has 0 aliphatic rings. The number of aromatic nitrogens is 1. The highest BCUT2D eigenvalue weighted by atomic mass is 127. The molecule has 0 fully saturated rings. The van der Waals surface area contributed by atoms with Crippen LogP contribution in [0.5, 0.6) is 0 Å². The van der Waals surface area contributed by atoms with Gasteiger partial charge in [0.1, 0.15) is 9.15 Å². The number of benzene rings is 1. The Morgan fingerprint density at radius 3 is 2.75 bits per heavy atom. The molecule has 0 saturated heterocycles. The first-order chi connectivity index (χ1) is 7.75. The van der Waals surface area contributed by atoms with Crippen molar-refractivity contribution < 1.29 is 8.94 Å². The Balaban J connectivity index is 2.23. The maximum atomic E-state index is 5.65. The normalized spacial score (nSPS) is 11.1. The van der Waals surface area contributed by atoms with Crippen LogP contribution in [0.3, 0.4) is 0 Å². The number of nitrogen functional groups attached to an aromatic ring is 1. The molecule has 0 atom stereocenters. The molecule has 5 heteroatoms. The highest BCUT2D eigenvalue weighted by molar-refractivity contribution is 14.1. The SMILES string of the molecule is Nc1noc(-c2cc3ccccc3o2)c1I. The number of rotatable bonds is 1. The number of furan rings is 1. The van der Waals surface area contributed by atoms with Crippen molar-refractivity contribution in [2.45, 2.75) is 0 Å². The second-order valence-corrected chi connectivity index (χ2v) is 4.44. The second kappa shape index (κ2) is 3.51. The third-order valence-corrected chi connectivity index (χ3v) is 3.35. The van der Waals surface area contributed by atoms with Crippen molar-refractivity contribution in [2.75, 3.05) is 5.73 Å². The average molecular weight is 326 g/mol. The van der Waals surface area contributed by atoms with Gasteiger partial charge in [0.2, 0.25) is 5.76 Å². The minimum Gasteiger partial charge on any atom is -0.453 e. The van der Waals surface area contributed by atoms with Crippen LogP contribution in [0.4, 0.5) is 5.82 Å². The van der Waals surface area contributed by atoms with Crippen LogP contribution in [0.25, 0.3) is 22.5 Å². The van der Waals surface area contributed by atoms with Gasteiger partial charge in [-0.15, -0.1) is 0 Å². The molecule has 2 heterocycles. The summed E-state index contributed by atoms with van der Waals surface area (Å²) in [7, 11) is 0. The quantitative estimate of drug-likeness (QED) is 0.697. The van der Waals surface area contributed by atoms with Crippen LogP contribution in [0.1, 0.15) is 0 Å². The van der Waals surface area contributed by atoms with Crippen LogP contribution in [0.2, 0.25) is 0 Å². The Kier molecular flexibility index (Phi) is 2.13. The van der Waals surface area contributed by atoms with E-state index in [0.29, 0.717) is 17.3 Å². The van der Waals surface area contributed by atoms with Gasteiger partial charge in [0, 0.05) is 5.39 Å². The fourth-order valence-corrected chi connectivity index (χ4v) is 2.00. The van der Waals surface area contributed by atoms with Crippen LogP contribution >= 0.6 is 22.6 Å². The van der Waals surface area contributed by atoms with Crippen molar-refractivity contribution in [3.63, 3.8) is 0 Å². The van der Waals surface area contributed by atoms with E-state index in [1.165, 1.54) is 0 Å². The molecule has 0 unspecified atom stereocenters. The smallest absolute Gasteiger partial charge is 0.217 e. The lowest BCUT2D eigenvalue weighted by Crippen LogP contribution is -1.85. The van der Waals surface area contributed by atoms with Gasteiger partial charge in [0.15, 0.2) is 11.6 Å². The Labute approximate surface area is 105 Å². The van der Waals surface area contributed by atoms with Gasteiger partial charge in [-0.2, -0.15) is 0 Å². The molecule has 0 radical (unpaired) electrons. The maximum Gasteiger partial charge on any atom is 0.217 e. The van der Waals surface area contributed by atoms with Gasteiger partial charge in [-0.25, -0.2) is 0 Å². The first-order valence-corrected chi connectivity index (χ1v) is 5.73. The van der Waals surface area contributed by atoms with Gasteiger partial charge in [-0.3, -0.25) is 0 Å². The number of hydrogen-bond donors (Lipinski definition) is 1. The Bertz CT molecular complexity index is 624. The van der Waals surface area contributed by atoms with E-state index in [-0.39, 0.29) is 0 Å². The fourth-order valence-electron chi connectivity index (χ4n) is 1.54. The number of hydrogen-bond acceptors (Lipinski definition) is 4. The number of halogens is 1. The molecule has 2 aromatic heterocycles. The molecule has 2 N–H and O–H groups in total. The zero-order valence-electron chi connectivity index (χ0n) is 8.11. The van der Waals surface area contributed by atoms with E-state index in [4.69, 9.17) is 14.7 Å². The topological polar surface area (TPSA) is 65.2 Å². The predicted molar refractivity (Wildman–Crippen MR) is 68.8 cm³/mol. The molecule has 0 saturated carbocycles. The summed E-state index contributed by atoms with van der Waals surface area (Å²) >= 11 is 2.09. The monoisotopic (exact) mass is 326 g/mol. The Hall–Kier alpha value is -1.50. The van der Waals surface area contributed by atoms with Crippen molar-refractivity contribution in [1.82, 2.24) is 5.16 Å². The first kappa shape index (κ1) is 9.71. The molecule has 80 valence electrons. The molecular weight excluding hydrogens is 319 g/mol. The Morgan fingerprint density at radius 1 is 1.25 bits per heavy atom. The molecule has 0 spiro atoms. The molecule has 16 heavy (non-hydrogen) atoms. The third-order valence-electron chi connectivity index (χ3n) is 2.31. The third kappa shape index (κ3) is 1.39. The number of nitrogens with zero attached hydrogens (tertiary/aromatic N) is 1. The van der Waals surface area contributed by atoms with E-state index in [1.807, 2.05) is 30.3 Å². The highest BCUT2D eigenvalue weighted by Gasteiger charge is 2.16. The largest absolute Gasteiger partial charge is 0.453 e. The van der Waals surface area contributed by atoms with Crippen LogP contribution in [-0.4, -0.2) is 5.16 Å². The number of anilines is 1. The van der Waals surface area contributed by atoms with E-state index in [1.54, 1.807) is 0 Å². The van der Waals surface area contributed by atoms with Crippen molar-refractivity contribution in [2.24, 2.45) is 0 Å². The van der Waals surface area contributed by atoms with Crippen molar-refractivity contribution in [1.29, 1.82) is 0 Å². The lowest BCUT2D eigenvalue weighted by atomic mass is 10.2. The van der Waals surface area contributed by atoms with Gasteiger partial charge < -0.3 is 14.7 Å². The summed E-state index contributed by atoms with van der Waals surface area (Å²) in [6, 6.07) is 9.69. The molecule has 3 aromatic rings. The second-order valence-electron chi connectivity index (χ2n) is 3.36. The van der Waals surface area contributed by atoms with Crippen LogP contribution in [-0.2, 0) is 0 Å². The lowest BCUT2D eigenvalue weighted by molar-refractivity contribution is 0.423. The molecular formula is C11H7IN2O2. The van der Waals surface area contributed by atoms with Crippen LogP contribution in [0.15, 0.2) is 39.3 Å². The van der Waals surface area contributed by atoms with Gasteiger partial charge in [-0.05, 0) is 34.7 Å². The number of nitrogens with two attached hydrogens (primary N) is 1. The minimum absolute atomic E-state index is 0.385. The molecule has 1 aromatic carbocycles. The summed E-state index contributed by atoms with van der Waals surface area (Å²) in [6.45, 7) is 0. The standard InChI is InChI=1S/C11H7IN2O2/c12-9-10(16-14-11(9)13)8-5-6-3-1-2-4-7(6)15-8/h1-5H,(H2,13,14). The van der Waals surface area contributed by atoms with Gasteiger partial charge in [0.25, 0.3) is 0 Å². The van der Waals surface area contributed by atoms with Gasteiger partial charge >= 0.3 is 0 Å². The average Bonchev–Trinajstić information content (AvgIpc) is 2.84. The summed E-state index contributed by atoms with van der Waals surface area (Å²) in [5, 5.41) is 4.73. The maximum absolute atomic E-state index is 5.65. The van der Waals surface area contributed by atoms with Crippen LogP contribution in [0, 0.1) is 3.57 Å². The summed E-state index contributed by atoms with van der Waals surface area (Å²) in [5.74, 6) is 1.61. The summed E-state index contributed by atoms with van der Waals surface area (Å²) in [6.07, 6.45) is 0. The summed E-state index contributed by atoms with van der Waals surface area (Å²) < 4.78 is 11.6. The van der Waals surface area contributed by atoms with Crippen molar-refractivity contribution in [3.8, 4) is 11.5 Å². The van der Waals surface area contributed by atoms with Gasteiger partial charge in [0.05, 0.1) is 0 Å². The molecule has 0 aliphatic carbocycles. The summed E-state index contributed by atoms with van der Waals surface area (Å²) in [5.41, 5.74) is 6.44. The van der Waals surface area contributed by atoms with E-state index >= 15 is 0 Å².